The van der Waals surface area contributed by atoms with E-state index in [-0.39, 0.29) is 6.29 Å². The Hall–Kier alpha value is -0.0800. The molecule has 0 radical (unpaired) electrons. The summed E-state index contributed by atoms with van der Waals surface area (Å²) in [6.07, 6.45) is 2.48. The molecule has 0 aliphatic carbocycles. The molecule has 2 nitrogen and oxygen atoms in total. The minimum Gasteiger partial charge on any atom is -0.353 e. The lowest BCUT2D eigenvalue weighted by Crippen LogP contribution is -2.29. The van der Waals surface area contributed by atoms with Gasteiger partial charge in [-0.25, -0.2) is 0 Å². The van der Waals surface area contributed by atoms with Gasteiger partial charge in [-0.05, 0) is 13.3 Å². The second-order valence-corrected chi connectivity index (χ2v) is 2.89. The van der Waals surface area contributed by atoms with Crippen molar-refractivity contribution in [1.29, 1.82) is 0 Å². The molecule has 0 atom stereocenters. The molecule has 1 heterocycles. The van der Waals surface area contributed by atoms with Crippen LogP contribution in [0.15, 0.2) is 0 Å². The smallest absolute Gasteiger partial charge is 0.154 e. The maximum atomic E-state index is 5.32. The average Bonchev–Trinajstić information content (AvgIpc) is 1.95. The predicted molar refractivity (Wildman–Crippen MR) is 39.8 cm³/mol. The SMILES string of the molecule is CCCC1COC(C)OC1. The van der Waals surface area contributed by atoms with Crippen LogP contribution in [0.4, 0.5) is 0 Å². The maximum absolute atomic E-state index is 5.32. The van der Waals surface area contributed by atoms with Crippen molar-refractivity contribution in [2.75, 3.05) is 13.2 Å². The summed E-state index contributed by atoms with van der Waals surface area (Å²) in [6.45, 7) is 5.91. The third-order valence-corrected chi connectivity index (χ3v) is 1.83. The third kappa shape index (κ3) is 2.27. The van der Waals surface area contributed by atoms with E-state index >= 15 is 0 Å². The van der Waals surface area contributed by atoms with Gasteiger partial charge in [0.25, 0.3) is 0 Å². The molecule has 1 fully saturated rings. The van der Waals surface area contributed by atoms with Crippen LogP contribution in [0.1, 0.15) is 26.7 Å². The zero-order valence-corrected chi connectivity index (χ0v) is 6.80. The van der Waals surface area contributed by atoms with Crippen LogP contribution >= 0.6 is 0 Å². The Morgan fingerprint density at radius 2 is 1.90 bits per heavy atom. The first-order chi connectivity index (χ1) is 4.83. The van der Waals surface area contributed by atoms with E-state index in [0.717, 1.165) is 13.2 Å². The van der Waals surface area contributed by atoms with Crippen molar-refractivity contribution in [2.45, 2.75) is 33.0 Å². The summed E-state index contributed by atoms with van der Waals surface area (Å²) < 4.78 is 10.6. The van der Waals surface area contributed by atoms with Crippen molar-refractivity contribution in [3.63, 3.8) is 0 Å². The van der Waals surface area contributed by atoms with E-state index < -0.39 is 0 Å². The Balaban J connectivity index is 2.13. The molecule has 0 aromatic carbocycles. The van der Waals surface area contributed by atoms with E-state index in [9.17, 15) is 0 Å². The molecule has 0 unspecified atom stereocenters. The summed E-state index contributed by atoms with van der Waals surface area (Å²) >= 11 is 0. The fraction of sp³-hybridized carbons (Fsp3) is 1.00. The van der Waals surface area contributed by atoms with Crippen LogP contribution in [-0.2, 0) is 9.47 Å². The fourth-order valence-corrected chi connectivity index (χ4v) is 1.21. The Morgan fingerprint density at radius 1 is 1.30 bits per heavy atom. The first-order valence-corrected chi connectivity index (χ1v) is 4.06. The molecule has 1 aliphatic rings. The maximum Gasteiger partial charge on any atom is 0.154 e. The normalized spacial score (nSPS) is 34.2. The molecule has 60 valence electrons. The first-order valence-electron chi connectivity index (χ1n) is 4.06. The van der Waals surface area contributed by atoms with Gasteiger partial charge in [0, 0.05) is 5.92 Å². The highest BCUT2D eigenvalue weighted by atomic mass is 16.7. The molecule has 1 saturated heterocycles. The molecule has 2 heteroatoms. The van der Waals surface area contributed by atoms with Crippen LogP contribution in [0.3, 0.4) is 0 Å². The number of ether oxygens (including phenoxy) is 2. The predicted octanol–water partition coefficient (Wildman–Crippen LogP) is 1.80. The average molecular weight is 144 g/mol. The Labute approximate surface area is 62.5 Å². The number of hydrogen-bond acceptors (Lipinski definition) is 2. The number of hydrogen-bond donors (Lipinski definition) is 0. The van der Waals surface area contributed by atoms with Gasteiger partial charge in [-0.3, -0.25) is 0 Å². The second kappa shape index (κ2) is 3.94. The molecule has 0 aromatic rings. The summed E-state index contributed by atoms with van der Waals surface area (Å²) in [7, 11) is 0. The van der Waals surface area contributed by atoms with Gasteiger partial charge in [-0.1, -0.05) is 13.3 Å². The highest BCUT2D eigenvalue weighted by molar-refractivity contribution is 4.60. The van der Waals surface area contributed by atoms with Gasteiger partial charge in [0.15, 0.2) is 6.29 Å². The lowest BCUT2D eigenvalue weighted by molar-refractivity contribution is -0.191. The lowest BCUT2D eigenvalue weighted by atomic mass is 10.1. The zero-order chi connectivity index (χ0) is 7.40. The van der Waals surface area contributed by atoms with Crippen LogP contribution in [-0.4, -0.2) is 19.5 Å². The molecule has 0 spiro atoms. The minimum absolute atomic E-state index is 0.0214. The van der Waals surface area contributed by atoms with Crippen molar-refractivity contribution in [1.82, 2.24) is 0 Å². The molecule has 0 aromatic heterocycles. The Kier molecular flexibility index (Phi) is 3.16. The summed E-state index contributed by atoms with van der Waals surface area (Å²) in [5, 5.41) is 0. The van der Waals surface area contributed by atoms with Gasteiger partial charge >= 0.3 is 0 Å². The Bertz CT molecular complexity index is 85.3. The summed E-state index contributed by atoms with van der Waals surface area (Å²) in [6, 6.07) is 0. The molecule has 0 bridgehead atoms. The van der Waals surface area contributed by atoms with Crippen LogP contribution in [0.5, 0.6) is 0 Å². The zero-order valence-electron chi connectivity index (χ0n) is 6.80. The van der Waals surface area contributed by atoms with Crippen molar-refractivity contribution < 1.29 is 9.47 Å². The van der Waals surface area contributed by atoms with E-state index in [2.05, 4.69) is 6.92 Å². The topological polar surface area (TPSA) is 18.5 Å². The van der Waals surface area contributed by atoms with Crippen molar-refractivity contribution in [3.05, 3.63) is 0 Å². The van der Waals surface area contributed by atoms with Gasteiger partial charge in [-0.15, -0.1) is 0 Å². The van der Waals surface area contributed by atoms with Crippen LogP contribution < -0.4 is 0 Å². The van der Waals surface area contributed by atoms with E-state index in [0.29, 0.717) is 5.92 Å². The third-order valence-electron chi connectivity index (χ3n) is 1.83. The largest absolute Gasteiger partial charge is 0.353 e. The van der Waals surface area contributed by atoms with E-state index in [1.165, 1.54) is 12.8 Å². The van der Waals surface area contributed by atoms with E-state index in [4.69, 9.17) is 9.47 Å². The monoisotopic (exact) mass is 144 g/mol. The van der Waals surface area contributed by atoms with E-state index in [1.54, 1.807) is 0 Å². The fourth-order valence-electron chi connectivity index (χ4n) is 1.21. The molecule has 0 N–H and O–H groups in total. The first kappa shape index (κ1) is 8.02. The van der Waals surface area contributed by atoms with Crippen molar-refractivity contribution >= 4 is 0 Å². The molecule has 1 rings (SSSR count). The molecular formula is C8H16O2. The van der Waals surface area contributed by atoms with Crippen molar-refractivity contribution in [2.24, 2.45) is 5.92 Å². The molecule has 1 aliphatic heterocycles. The lowest BCUT2D eigenvalue weighted by Gasteiger charge is -2.26. The standard InChI is InChI=1S/C8H16O2/c1-3-4-8-5-9-7(2)10-6-8/h7-8H,3-6H2,1-2H3. The van der Waals surface area contributed by atoms with Crippen molar-refractivity contribution in [3.8, 4) is 0 Å². The number of rotatable bonds is 2. The van der Waals surface area contributed by atoms with Crippen LogP contribution in [0.2, 0.25) is 0 Å². The summed E-state index contributed by atoms with van der Waals surface area (Å²) in [5.41, 5.74) is 0. The second-order valence-electron chi connectivity index (χ2n) is 2.89. The van der Waals surface area contributed by atoms with E-state index in [1.807, 2.05) is 6.92 Å². The minimum atomic E-state index is 0.0214. The van der Waals surface area contributed by atoms with Gasteiger partial charge in [0.1, 0.15) is 0 Å². The molecule has 0 amide bonds. The molecule has 0 saturated carbocycles. The van der Waals surface area contributed by atoms with Gasteiger partial charge in [0.05, 0.1) is 13.2 Å². The molecule has 10 heavy (non-hydrogen) atoms. The van der Waals surface area contributed by atoms with Crippen LogP contribution in [0.25, 0.3) is 0 Å². The Morgan fingerprint density at radius 3 is 2.40 bits per heavy atom. The summed E-state index contributed by atoms with van der Waals surface area (Å²) in [5.74, 6) is 0.640. The molecular weight excluding hydrogens is 128 g/mol. The van der Waals surface area contributed by atoms with Crippen LogP contribution in [0, 0.1) is 5.92 Å². The highest BCUT2D eigenvalue weighted by Crippen LogP contribution is 2.14. The van der Waals surface area contributed by atoms with Gasteiger partial charge in [0.2, 0.25) is 0 Å². The summed E-state index contributed by atoms with van der Waals surface area (Å²) in [4.78, 5) is 0. The van der Waals surface area contributed by atoms with Gasteiger partial charge in [-0.2, -0.15) is 0 Å². The highest BCUT2D eigenvalue weighted by Gasteiger charge is 2.17. The quantitative estimate of drug-likeness (QED) is 0.588. The van der Waals surface area contributed by atoms with Gasteiger partial charge < -0.3 is 9.47 Å².